The van der Waals surface area contributed by atoms with Gasteiger partial charge in [0.1, 0.15) is 12.4 Å². The lowest BCUT2D eigenvalue weighted by atomic mass is 10.3. The van der Waals surface area contributed by atoms with Gasteiger partial charge in [-0.25, -0.2) is 0 Å². The van der Waals surface area contributed by atoms with Crippen molar-refractivity contribution >= 4 is 17.7 Å². The summed E-state index contributed by atoms with van der Waals surface area (Å²) >= 11 is 0. The molecule has 0 aliphatic rings. The molecule has 0 saturated carbocycles. The van der Waals surface area contributed by atoms with Crippen molar-refractivity contribution in [2.75, 3.05) is 18.8 Å². The largest absolute Gasteiger partial charge is 0.451 e. The normalized spacial score (nSPS) is 11.9. The fraction of sp³-hybridized carbons (Fsp3) is 0.583. The van der Waals surface area contributed by atoms with E-state index in [1.165, 1.54) is 4.68 Å². The number of rotatable bonds is 6. The fourth-order valence-electron chi connectivity index (χ4n) is 1.67. The Labute approximate surface area is 112 Å². The topological polar surface area (TPSA) is 90.5 Å². The third-order valence-corrected chi connectivity index (χ3v) is 2.68. The van der Waals surface area contributed by atoms with Gasteiger partial charge in [0.05, 0.1) is 0 Å². The lowest BCUT2D eigenvalue weighted by Crippen LogP contribution is -2.40. The number of ether oxygens (including phenoxy) is 1. The van der Waals surface area contributed by atoms with E-state index in [0.29, 0.717) is 18.9 Å². The predicted molar refractivity (Wildman–Crippen MR) is 70.1 cm³/mol. The molecule has 106 valence electrons. The summed E-state index contributed by atoms with van der Waals surface area (Å²) in [6, 6.07) is 1.58. The molecule has 1 atom stereocenters. The SMILES string of the molecule is CCN(CC)C(=O)C(C)OC(=O)Cn1ccc(N)n1. The molecule has 0 radical (unpaired) electrons. The Hall–Kier alpha value is -2.05. The summed E-state index contributed by atoms with van der Waals surface area (Å²) in [7, 11) is 0. The van der Waals surface area contributed by atoms with Gasteiger partial charge in [0.15, 0.2) is 6.10 Å². The van der Waals surface area contributed by atoms with Crippen molar-refractivity contribution in [3.05, 3.63) is 12.3 Å². The first kappa shape index (κ1) is 15.0. The van der Waals surface area contributed by atoms with Gasteiger partial charge in [-0.3, -0.25) is 14.3 Å². The molecule has 0 fully saturated rings. The molecule has 0 aromatic carbocycles. The second-order valence-corrected chi connectivity index (χ2v) is 4.08. The number of nitrogens with zero attached hydrogens (tertiary/aromatic N) is 3. The summed E-state index contributed by atoms with van der Waals surface area (Å²) in [6.07, 6.45) is 0.785. The maximum atomic E-state index is 11.9. The number of nitrogens with two attached hydrogens (primary N) is 1. The van der Waals surface area contributed by atoms with Gasteiger partial charge in [0.25, 0.3) is 5.91 Å². The van der Waals surface area contributed by atoms with E-state index in [-0.39, 0.29) is 12.5 Å². The van der Waals surface area contributed by atoms with E-state index in [9.17, 15) is 9.59 Å². The Morgan fingerprint density at radius 3 is 2.58 bits per heavy atom. The Morgan fingerprint density at radius 1 is 1.47 bits per heavy atom. The van der Waals surface area contributed by atoms with E-state index in [0.717, 1.165) is 0 Å². The molecule has 0 aliphatic heterocycles. The van der Waals surface area contributed by atoms with Crippen molar-refractivity contribution in [1.82, 2.24) is 14.7 Å². The molecule has 2 N–H and O–H groups in total. The highest BCUT2D eigenvalue weighted by atomic mass is 16.5. The van der Waals surface area contributed by atoms with Crippen LogP contribution in [-0.4, -0.2) is 45.8 Å². The van der Waals surface area contributed by atoms with E-state index in [2.05, 4.69) is 5.10 Å². The Bertz CT molecular complexity index is 440. The van der Waals surface area contributed by atoms with Crippen LogP contribution in [-0.2, 0) is 20.9 Å². The number of hydrogen-bond donors (Lipinski definition) is 1. The molecule has 0 spiro atoms. The summed E-state index contributed by atoms with van der Waals surface area (Å²) in [5.74, 6) is -0.380. The van der Waals surface area contributed by atoms with Gasteiger partial charge in [-0.1, -0.05) is 0 Å². The minimum absolute atomic E-state index is 0.0624. The van der Waals surface area contributed by atoms with Crippen LogP contribution in [0.3, 0.4) is 0 Å². The van der Waals surface area contributed by atoms with Crippen molar-refractivity contribution in [3.8, 4) is 0 Å². The monoisotopic (exact) mass is 268 g/mol. The molecule has 0 bridgehead atoms. The first-order valence-electron chi connectivity index (χ1n) is 6.25. The summed E-state index contributed by atoms with van der Waals surface area (Å²) in [5.41, 5.74) is 5.43. The number of amides is 1. The van der Waals surface area contributed by atoms with Crippen molar-refractivity contribution in [3.63, 3.8) is 0 Å². The Balaban J connectivity index is 2.49. The number of esters is 1. The number of anilines is 1. The third kappa shape index (κ3) is 4.27. The zero-order valence-corrected chi connectivity index (χ0v) is 11.5. The van der Waals surface area contributed by atoms with E-state index in [4.69, 9.17) is 10.5 Å². The molecule has 7 nitrogen and oxygen atoms in total. The average Bonchev–Trinajstić information content (AvgIpc) is 2.75. The van der Waals surface area contributed by atoms with Crippen molar-refractivity contribution in [1.29, 1.82) is 0 Å². The van der Waals surface area contributed by atoms with E-state index in [1.54, 1.807) is 24.1 Å². The molecule has 0 aliphatic carbocycles. The quantitative estimate of drug-likeness (QED) is 0.748. The molecule has 1 aromatic rings. The number of aromatic nitrogens is 2. The van der Waals surface area contributed by atoms with Crippen LogP contribution < -0.4 is 5.73 Å². The van der Waals surface area contributed by atoms with Crippen LogP contribution in [0.15, 0.2) is 12.3 Å². The lowest BCUT2D eigenvalue weighted by molar-refractivity contribution is -0.159. The summed E-state index contributed by atoms with van der Waals surface area (Å²) in [5, 5.41) is 3.87. The van der Waals surface area contributed by atoms with Gasteiger partial charge >= 0.3 is 5.97 Å². The number of likely N-dealkylation sites (N-methyl/N-ethyl adjacent to an activating group) is 1. The highest BCUT2D eigenvalue weighted by Crippen LogP contribution is 2.02. The van der Waals surface area contributed by atoms with Gasteiger partial charge in [-0.15, -0.1) is 0 Å². The Kier molecular flexibility index (Phi) is 5.35. The zero-order chi connectivity index (χ0) is 14.4. The minimum Gasteiger partial charge on any atom is -0.451 e. The summed E-state index contributed by atoms with van der Waals surface area (Å²) in [6.45, 7) is 6.44. The van der Waals surface area contributed by atoms with Crippen molar-refractivity contribution in [2.45, 2.75) is 33.4 Å². The van der Waals surface area contributed by atoms with Crippen LogP contribution in [0.1, 0.15) is 20.8 Å². The van der Waals surface area contributed by atoms with Gasteiger partial charge in [0, 0.05) is 19.3 Å². The van der Waals surface area contributed by atoms with E-state index < -0.39 is 12.1 Å². The van der Waals surface area contributed by atoms with Gasteiger partial charge in [0.2, 0.25) is 0 Å². The highest BCUT2D eigenvalue weighted by Gasteiger charge is 2.22. The van der Waals surface area contributed by atoms with Gasteiger partial charge < -0.3 is 15.4 Å². The first-order valence-corrected chi connectivity index (χ1v) is 6.25. The molecule has 0 saturated heterocycles. The molecule has 1 heterocycles. The van der Waals surface area contributed by atoms with Gasteiger partial charge in [-0.2, -0.15) is 5.10 Å². The lowest BCUT2D eigenvalue weighted by Gasteiger charge is -2.22. The highest BCUT2D eigenvalue weighted by molar-refractivity contribution is 5.83. The zero-order valence-electron chi connectivity index (χ0n) is 11.5. The maximum Gasteiger partial charge on any atom is 0.328 e. The number of hydrogen-bond acceptors (Lipinski definition) is 5. The number of carbonyl (C=O) groups excluding carboxylic acids is 2. The molecule has 1 aromatic heterocycles. The average molecular weight is 268 g/mol. The van der Waals surface area contributed by atoms with Crippen molar-refractivity contribution in [2.24, 2.45) is 0 Å². The van der Waals surface area contributed by atoms with Crippen LogP contribution in [0.25, 0.3) is 0 Å². The smallest absolute Gasteiger partial charge is 0.328 e. The third-order valence-electron chi connectivity index (χ3n) is 2.68. The van der Waals surface area contributed by atoms with Crippen LogP contribution in [0.5, 0.6) is 0 Å². The second-order valence-electron chi connectivity index (χ2n) is 4.08. The van der Waals surface area contributed by atoms with E-state index >= 15 is 0 Å². The second kappa shape index (κ2) is 6.77. The van der Waals surface area contributed by atoms with Crippen LogP contribution in [0.2, 0.25) is 0 Å². The molecule has 1 unspecified atom stereocenters. The van der Waals surface area contributed by atoms with Gasteiger partial charge in [-0.05, 0) is 26.8 Å². The summed E-state index contributed by atoms with van der Waals surface area (Å²) < 4.78 is 6.45. The molecule has 1 amide bonds. The van der Waals surface area contributed by atoms with Crippen molar-refractivity contribution < 1.29 is 14.3 Å². The minimum atomic E-state index is -0.791. The standard InChI is InChI=1S/C12H20N4O3/c1-4-15(5-2)12(18)9(3)19-11(17)8-16-7-6-10(13)14-16/h6-7,9H,4-5,8H2,1-3H3,(H2,13,14). The molecular formula is C12H20N4O3. The summed E-state index contributed by atoms with van der Waals surface area (Å²) in [4.78, 5) is 25.2. The molecular weight excluding hydrogens is 248 g/mol. The van der Waals surface area contributed by atoms with Crippen LogP contribution >= 0.6 is 0 Å². The molecule has 1 rings (SSSR count). The molecule has 7 heteroatoms. The fourth-order valence-corrected chi connectivity index (χ4v) is 1.67. The molecule has 19 heavy (non-hydrogen) atoms. The van der Waals surface area contributed by atoms with Crippen LogP contribution in [0, 0.1) is 0 Å². The maximum absolute atomic E-state index is 11.9. The first-order chi connectivity index (χ1) is 8.97. The van der Waals surface area contributed by atoms with Crippen LogP contribution in [0.4, 0.5) is 5.82 Å². The Morgan fingerprint density at radius 2 is 2.11 bits per heavy atom. The predicted octanol–water partition coefficient (Wildman–Crippen LogP) is 0.265. The number of carbonyl (C=O) groups is 2. The number of nitrogen functional groups attached to an aromatic ring is 1. The van der Waals surface area contributed by atoms with E-state index in [1.807, 2.05) is 13.8 Å².